The van der Waals surface area contributed by atoms with Crippen LogP contribution in [0.4, 0.5) is 0 Å². The predicted octanol–water partition coefficient (Wildman–Crippen LogP) is 3.66. The maximum Gasteiger partial charge on any atom is 0.116 e. The molecule has 2 aromatic rings. The molecule has 2 aromatic carbocycles. The molecule has 0 amide bonds. The normalized spacial score (nSPS) is 10.3. The van der Waals surface area contributed by atoms with Crippen molar-refractivity contribution in [2.75, 3.05) is 0 Å². The van der Waals surface area contributed by atoms with E-state index in [0.29, 0.717) is 0 Å². The Morgan fingerprint density at radius 3 is 2.33 bits per heavy atom. The van der Waals surface area contributed by atoms with E-state index in [1.165, 1.54) is 5.56 Å². The van der Waals surface area contributed by atoms with E-state index in [-0.39, 0.29) is 5.75 Å². The predicted molar refractivity (Wildman–Crippen MR) is 65.5 cm³/mol. The maximum atomic E-state index is 9.42. The molecule has 0 atom stereocenters. The maximum absolute atomic E-state index is 9.42. The van der Waals surface area contributed by atoms with Crippen LogP contribution in [0.25, 0.3) is 11.1 Å². The van der Waals surface area contributed by atoms with Gasteiger partial charge in [-0.2, -0.15) is 0 Å². The van der Waals surface area contributed by atoms with Gasteiger partial charge in [0.15, 0.2) is 0 Å². The van der Waals surface area contributed by atoms with Gasteiger partial charge in [0.1, 0.15) is 5.75 Å². The van der Waals surface area contributed by atoms with Crippen LogP contribution in [-0.2, 0) is 0 Å². The summed E-state index contributed by atoms with van der Waals surface area (Å²) in [6, 6.07) is 13.3. The van der Waals surface area contributed by atoms with E-state index in [1.807, 2.05) is 31.2 Å². The number of phenols is 1. The summed E-state index contributed by atoms with van der Waals surface area (Å²) in [6.07, 6.45) is 0. The topological polar surface area (TPSA) is 20.2 Å². The van der Waals surface area contributed by atoms with Crippen LogP contribution in [0.3, 0.4) is 0 Å². The van der Waals surface area contributed by atoms with Crippen LogP contribution >= 0.6 is 12.6 Å². The molecule has 0 saturated heterocycles. The minimum Gasteiger partial charge on any atom is -0.508 e. The number of hydrogen-bond donors (Lipinski definition) is 2. The van der Waals surface area contributed by atoms with Crippen molar-refractivity contribution in [1.82, 2.24) is 0 Å². The van der Waals surface area contributed by atoms with Gasteiger partial charge in [0, 0.05) is 4.90 Å². The second-order valence-electron chi connectivity index (χ2n) is 3.57. The zero-order valence-corrected chi connectivity index (χ0v) is 9.33. The average Bonchev–Trinajstić information content (AvgIpc) is 2.23. The van der Waals surface area contributed by atoms with Crippen LogP contribution in [0.5, 0.6) is 5.75 Å². The molecule has 0 fully saturated rings. The van der Waals surface area contributed by atoms with Crippen molar-refractivity contribution >= 4 is 12.6 Å². The SMILES string of the molecule is Cc1ccc(-c2cc(O)ccc2S)cc1. The van der Waals surface area contributed by atoms with Gasteiger partial charge in [-0.05, 0) is 36.2 Å². The van der Waals surface area contributed by atoms with Crippen LogP contribution in [0, 0.1) is 6.92 Å². The Morgan fingerprint density at radius 2 is 1.67 bits per heavy atom. The molecule has 0 radical (unpaired) electrons. The van der Waals surface area contributed by atoms with E-state index >= 15 is 0 Å². The van der Waals surface area contributed by atoms with E-state index in [2.05, 4.69) is 12.6 Å². The fraction of sp³-hybridized carbons (Fsp3) is 0.0769. The summed E-state index contributed by atoms with van der Waals surface area (Å²) in [5.41, 5.74) is 3.25. The lowest BCUT2D eigenvalue weighted by molar-refractivity contribution is 0.475. The molecule has 0 saturated carbocycles. The molecule has 0 aliphatic carbocycles. The minimum atomic E-state index is 0.267. The molecule has 0 heterocycles. The fourth-order valence-corrected chi connectivity index (χ4v) is 1.76. The van der Waals surface area contributed by atoms with Crippen LogP contribution < -0.4 is 0 Å². The van der Waals surface area contributed by atoms with Crippen molar-refractivity contribution in [1.29, 1.82) is 0 Å². The largest absolute Gasteiger partial charge is 0.508 e. The molecule has 2 rings (SSSR count). The third-order valence-electron chi connectivity index (χ3n) is 2.34. The molecule has 0 aliphatic rings. The molecule has 0 aliphatic heterocycles. The van der Waals surface area contributed by atoms with Gasteiger partial charge >= 0.3 is 0 Å². The van der Waals surface area contributed by atoms with Crippen molar-refractivity contribution in [3.8, 4) is 16.9 Å². The van der Waals surface area contributed by atoms with Gasteiger partial charge in [-0.3, -0.25) is 0 Å². The molecule has 2 heteroatoms. The Hall–Kier alpha value is -1.41. The van der Waals surface area contributed by atoms with Gasteiger partial charge in [0.25, 0.3) is 0 Å². The Labute approximate surface area is 94.8 Å². The third-order valence-corrected chi connectivity index (χ3v) is 2.73. The first kappa shape index (κ1) is 10.1. The number of thiol groups is 1. The second kappa shape index (κ2) is 3.99. The zero-order chi connectivity index (χ0) is 10.8. The number of hydrogen-bond acceptors (Lipinski definition) is 2. The Kier molecular flexibility index (Phi) is 2.69. The van der Waals surface area contributed by atoms with Crippen molar-refractivity contribution in [2.24, 2.45) is 0 Å². The first-order chi connectivity index (χ1) is 7.16. The van der Waals surface area contributed by atoms with E-state index in [1.54, 1.807) is 18.2 Å². The second-order valence-corrected chi connectivity index (χ2v) is 4.05. The highest BCUT2D eigenvalue weighted by Gasteiger charge is 2.02. The molecule has 0 aromatic heterocycles. The number of phenolic OH excluding ortho intramolecular Hbond substituents is 1. The third kappa shape index (κ3) is 2.16. The van der Waals surface area contributed by atoms with Crippen molar-refractivity contribution < 1.29 is 5.11 Å². The fourth-order valence-electron chi connectivity index (χ4n) is 1.49. The molecule has 1 N–H and O–H groups in total. The van der Waals surface area contributed by atoms with Crippen molar-refractivity contribution in [2.45, 2.75) is 11.8 Å². The summed E-state index contributed by atoms with van der Waals surface area (Å²) in [5.74, 6) is 0.267. The highest BCUT2D eigenvalue weighted by Crippen LogP contribution is 2.29. The van der Waals surface area contributed by atoms with Gasteiger partial charge in [-0.1, -0.05) is 29.8 Å². The smallest absolute Gasteiger partial charge is 0.116 e. The average molecular weight is 216 g/mol. The lowest BCUT2D eigenvalue weighted by Gasteiger charge is -2.06. The summed E-state index contributed by atoms with van der Waals surface area (Å²) < 4.78 is 0. The first-order valence-electron chi connectivity index (χ1n) is 4.76. The van der Waals surface area contributed by atoms with Crippen molar-refractivity contribution in [3.05, 3.63) is 48.0 Å². The Bertz CT molecular complexity index is 474. The summed E-state index contributed by atoms with van der Waals surface area (Å²) in [5, 5.41) is 9.42. The molecule has 15 heavy (non-hydrogen) atoms. The number of rotatable bonds is 1. The summed E-state index contributed by atoms with van der Waals surface area (Å²) in [6.45, 7) is 2.05. The first-order valence-corrected chi connectivity index (χ1v) is 5.20. The Balaban J connectivity index is 2.53. The lowest BCUT2D eigenvalue weighted by Crippen LogP contribution is -1.80. The van der Waals surface area contributed by atoms with Gasteiger partial charge in [0.05, 0.1) is 0 Å². The van der Waals surface area contributed by atoms with Crippen LogP contribution in [0.15, 0.2) is 47.4 Å². The molecule has 0 unspecified atom stereocenters. The van der Waals surface area contributed by atoms with Crippen LogP contribution in [0.2, 0.25) is 0 Å². The van der Waals surface area contributed by atoms with Crippen molar-refractivity contribution in [3.63, 3.8) is 0 Å². The lowest BCUT2D eigenvalue weighted by atomic mass is 10.0. The summed E-state index contributed by atoms with van der Waals surface area (Å²) in [4.78, 5) is 0.872. The van der Waals surface area contributed by atoms with E-state index in [4.69, 9.17) is 0 Å². The van der Waals surface area contributed by atoms with Gasteiger partial charge in [-0.25, -0.2) is 0 Å². The van der Waals surface area contributed by atoms with Gasteiger partial charge in [0.2, 0.25) is 0 Å². The molecular weight excluding hydrogens is 204 g/mol. The number of aryl methyl sites for hydroxylation is 1. The molecule has 1 nitrogen and oxygen atoms in total. The van der Waals surface area contributed by atoms with Crippen LogP contribution in [0.1, 0.15) is 5.56 Å². The highest BCUT2D eigenvalue weighted by atomic mass is 32.1. The highest BCUT2D eigenvalue weighted by molar-refractivity contribution is 7.80. The van der Waals surface area contributed by atoms with E-state index < -0.39 is 0 Å². The molecular formula is C13H12OS. The standard InChI is InChI=1S/C13H12OS/c1-9-2-4-10(5-3-9)12-8-11(14)6-7-13(12)15/h2-8,14-15H,1H3. The monoisotopic (exact) mass is 216 g/mol. The van der Waals surface area contributed by atoms with Gasteiger partial charge in [-0.15, -0.1) is 12.6 Å². The molecule has 76 valence electrons. The molecule has 0 bridgehead atoms. The Morgan fingerprint density at radius 1 is 1.00 bits per heavy atom. The quantitative estimate of drug-likeness (QED) is 0.697. The minimum absolute atomic E-state index is 0.267. The van der Waals surface area contributed by atoms with Gasteiger partial charge < -0.3 is 5.11 Å². The summed E-state index contributed by atoms with van der Waals surface area (Å²) >= 11 is 4.37. The number of benzene rings is 2. The van der Waals surface area contributed by atoms with E-state index in [9.17, 15) is 5.11 Å². The number of aromatic hydroxyl groups is 1. The summed E-state index contributed by atoms with van der Waals surface area (Å²) in [7, 11) is 0. The zero-order valence-electron chi connectivity index (χ0n) is 8.44. The van der Waals surface area contributed by atoms with E-state index in [0.717, 1.165) is 16.0 Å². The van der Waals surface area contributed by atoms with Crippen LogP contribution in [-0.4, -0.2) is 5.11 Å². The molecule has 0 spiro atoms.